The third-order valence-electron chi connectivity index (χ3n) is 3.28. The fourth-order valence-corrected chi connectivity index (χ4v) is 2.01. The van der Waals surface area contributed by atoms with Crippen LogP contribution in [0.15, 0.2) is 35.3 Å². The second kappa shape index (κ2) is 5.41. The van der Waals surface area contributed by atoms with Crippen LogP contribution in [0, 0.1) is 0 Å². The number of hydrogen-bond donors (Lipinski definition) is 1. The van der Waals surface area contributed by atoms with Gasteiger partial charge >= 0.3 is 0 Å². The van der Waals surface area contributed by atoms with Crippen LogP contribution in [0.1, 0.15) is 25.1 Å². The molecule has 2 N–H and O–H groups in total. The maximum absolute atomic E-state index is 12.3. The van der Waals surface area contributed by atoms with Crippen LogP contribution in [-0.4, -0.2) is 30.0 Å². The summed E-state index contributed by atoms with van der Waals surface area (Å²) in [6, 6.07) is 6.93. The van der Waals surface area contributed by atoms with Gasteiger partial charge in [-0.05, 0) is 18.6 Å². The molecule has 0 saturated carbocycles. The van der Waals surface area contributed by atoms with E-state index in [1.165, 1.54) is 9.36 Å². The van der Waals surface area contributed by atoms with Crippen molar-refractivity contribution in [2.75, 3.05) is 0 Å². The summed E-state index contributed by atoms with van der Waals surface area (Å²) in [4.78, 5) is 12.3. The van der Waals surface area contributed by atoms with E-state index in [4.69, 9.17) is 5.73 Å². The number of nitrogens with two attached hydrogens (primary N) is 1. The summed E-state index contributed by atoms with van der Waals surface area (Å²) in [7, 11) is 0. The smallest absolute Gasteiger partial charge is 0.279 e. The Hall–Kier alpha value is -2.61. The zero-order valence-electron chi connectivity index (χ0n) is 11.5. The number of aromatic nitrogens is 6. The molecule has 2 aromatic heterocycles. The van der Waals surface area contributed by atoms with Crippen molar-refractivity contribution >= 4 is 10.9 Å². The molecule has 1 atom stereocenters. The molecule has 21 heavy (non-hydrogen) atoms. The van der Waals surface area contributed by atoms with Crippen molar-refractivity contribution in [2.45, 2.75) is 26.1 Å². The largest absolute Gasteiger partial charge is 0.323 e. The van der Waals surface area contributed by atoms with E-state index >= 15 is 0 Å². The van der Waals surface area contributed by atoms with Gasteiger partial charge in [-0.3, -0.25) is 4.79 Å². The van der Waals surface area contributed by atoms with Crippen molar-refractivity contribution in [1.82, 2.24) is 30.0 Å². The van der Waals surface area contributed by atoms with Crippen molar-refractivity contribution in [3.63, 3.8) is 0 Å². The highest BCUT2D eigenvalue weighted by Crippen LogP contribution is 2.09. The van der Waals surface area contributed by atoms with Gasteiger partial charge in [0, 0.05) is 0 Å². The zero-order chi connectivity index (χ0) is 14.8. The van der Waals surface area contributed by atoms with E-state index in [9.17, 15) is 4.79 Å². The van der Waals surface area contributed by atoms with E-state index < -0.39 is 0 Å². The molecule has 0 saturated heterocycles. The average molecular weight is 285 g/mol. The van der Waals surface area contributed by atoms with Crippen molar-refractivity contribution in [2.24, 2.45) is 5.73 Å². The SMILES string of the molecule is CCC(N)c1cn(Cn2nnc3ccccc3c2=O)nn1. The van der Waals surface area contributed by atoms with Crippen molar-refractivity contribution in [3.05, 3.63) is 46.5 Å². The molecule has 8 nitrogen and oxygen atoms in total. The molecule has 108 valence electrons. The molecule has 0 bridgehead atoms. The number of nitrogens with zero attached hydrogens (tertiary/aromatic N) is 6. The van der Waals surface area contributed by atoms with Gasteiger partial charge in [-0.1, -0.05) is 29.5 Å². The van der Waals surface area contributed by atoms with Crippen LogP contribution < -0.4 is 11.3 Å². The fourth-order valence-electron chi connectivity index (χ4n) is 2.01. The second-order valence-electron chi connectivity index (χ2n) is 4.75. The van der Waals surface area contributed by atoms with Crippen molar-refractivity contribution < 1.29 is 0 Å². The third-order valence-corrected chi connectivity index (χ3v) is 3.28. The van der Waals surface area contributed by atoms with Crippen LogP contribution in [0.3, 0.4) is 0 Å². The summed E-state index contributed by atoms with van der Waals surface area (Å²) in [6.07, 6.45) is 2.49. The van der Waals surface area contributed by atoms with Gasteiger partial charge in [0.15, 0.2) is 0 Å². The number of benzene rings is 1. The highest BCUT2D eigenvalue weighted by molar-refractivity contribution is 5.76. The third kappa shape index (κ3) is 2.52. The summed E-state index contributed by atoms with van der Waals surface area (Å²) in [5.41, 5.74) is 6.95. The Labute approximate surface area is 120 Å². The van der Waals surface area contributed by atoms with Gasteiger partial charge in [0.1, 0.15) is 12.2 Å². The Kier molecular flexibility index (Phi) is 3.44. The van der Waals surface area contributed by atoms with Crippen molar-refractivity contribution in [3.8, 4) is 0 Å². The summed E-state index contributed by atoms with van der Waals surface area (Å²) in [5.74, 6) is 0. The standard InChI is InChI=1S/C13H15N7O/c1-2-10(14)12-7-19(17-16-12)8-20-13(21)9-5-3-4-6-11(9)15-18-20/h3-7,10H,2,8,14H2,1H3. The molecule has 1 unspecified atom stereocenters. The second-order valence-corrected chi connectivity index (χ2v) is 4.75. The predicted octanol–water partition coefficient (Wildman–Crippen LogP) is 0.299. The first-order chi connectivity index (χ1) is 10.2. The van der Waals surface area contributed by atoms with E-state index in [1.54, 1.807) is 24.4 Å². The monoisotopic (exact) mass is 285 g/mol. The molecule has 0 fully saturated rings. The van der Waals surface area contributed by atoms with Gasteiger partial charge in [0.05, 0.1) is 23.3 Å². The molecule has 0 aliphatic heterocycles. The van der Waals surface area contributed by atoms with Crippen LogP contribution in [-0.2, 0) is 6.67 Å². The summed E-state index contributed by atoms with van der Waals surface area (Å²) in [5, 5.41) is 16.4. The lowest BCUT2D eigenvalue weighted by atomic mass is 10.2. The maximum atomic E-state index is 12.3. The first kappa shape index (κ1) is 13.4. The molecule has 0 radical (unpaired) electrons. The van der Waals surface area contributed by atoms with E-state index in [0.29, 0.717) is 16.6 Å². The highest BCUT2D eigenvalue weighted by atomic mass is 16.1. The summed E-state index contributed by atoms with van der Waals surface area (Å²) in [6.45, 7) is 2.13. The predicted molar refractivity (Wildman–Crippen MR) is 76.4 cm³/mol. The molecule has 3 rings (SSSR count). The minimum atomic E-state index is -0.211. The summed E-state index contributed by atoms with van der Waals surface area (Å²) < 4.78 is 2.77. The molecular formula is C13H15N7O. The minimum Gasteiger partial charge on any atom is -0.323 e. The Bertz CT molecular complexity index is 822. The lowest BCUT2D eigenvalue weighted by Gasteiger charge is -2.04. The normalized spacial score (nSPS) is 12.7. The van der Waals surface area contributed by atoms with Gasteiger partial charge < -0.3 is 5.73 Å². The molecule has 8 heteroatoms. The molecule has 2 heterocycles. The van der Waals surface area contributed by atoms with Crippen LogP contribution in [0.4, 0.5) is 0 Å². The number of rotatable bonds is 4. The zero-order valence-corrected chi connectivity index (χ0v) is 11.5. The van der Waals surface area contributed by atoms with Crippen LogP contribution in [0.5, 0.6) is 0 Å². The first-order valence-corrected chi connectivity index (χ1v) is 6.67. The first-order valence-electron chi connectivity index (χ1n) is 6.67. The summed E-state index contributed by atoms with van der Waals surface area (Å²) >= 11 is 0. The van der Waals surface area contributed by atoms with Crippen LogP contribution >= 0.6 is 0 Å². The van der Waals surface area contributed by atoms with Crippen LogP contribution in [0.2, 0.25) is 0 Å². The van der Waals surface area contributed by atoms with E-state index in [-0.39, 0.29) is 18.3 Å². The molecule has 1 aromatic carbocycles. The van der Waals surface area contributed by atoms with E-state index in [1.807, 2.05) is 13.0 Å². The van der Waals surface area contributed by atoms with Gasteiger partial charge in [-0.2, -0.15) is 4.68 Å². The Morgan fingerprint density at radius 1 is 1.24 bits per heavy atom. The highest BCUT2D eigenvalue weighted by Gasteiger charge is 2.10. The number of hydrogen-bond acceptors (Lipinski definition) is 6. The van der Waals surface area contributed by atoms with Gasteiger partial charge in [-0.15, -0.1) is 10.2 Å². The minimum absolute atomic E-state index is 0.153. The maximum Gasteiger partial charge on any atom is 0.279 e. The quantitative estimate of drug-likeness (QED) is 0.739. The molecule has 0 aliphatic carbocycles. The lowest BCUT2D eigenvalue weighted by molar-refractivity contribution is 0.456. The Morgan fingerprint density at radius 2 is 2.05 bits per heavy atom. The van der Waals surface area contributed by atoms with Gasteiger partial charge in [0.25, 0.3) is 5.56 Å². The average Bonchev–Trinajstić information content (AvgIpc) is 2.98. The molecule has 0 aliphatic rings. The topological polar surface area (TPSA) is 105 Å². The molecular weight excluding hydrogens is 270 g/mol. The fraction of sp³-hybridized carbons (Fsp3) is 0.308. The van der Waals surface area contributed by atoms with E-state index in [0.717, 1.165) is 6.42 Å². The molecule has 0 amide bonds. The van der Waals surface area contributed by atoms with Gasteiger partial charge in [0.2, 0.25) is 0 Å². The lowest BCUT2D eigenvalue weighted by Crippen LogP contribution is -2.27. The van der Waals surface area contributed by atoms with Crippen LogP contribution in [0.25, 0.3) is 10.9 Å². The molecule has 0 spiro atoms. The Morgan fingerprint density at radius 3 is 2.86 bits per heavy atom. The molecule has 3 aromatic rings. The van der Waals surface area contributed by atoms with Crippen molar-refractivity contribution in [1.29, 1.82) is 0 Å². The number of fused-ring (bicyclic) bond motifs is 1. The Balaban J connectivity index is 1.93. The van der Waals surface area contributed by atoms with Gasteiger partial charge in [-0.25, -0.2) is 4.68 Å². The van der Waals surface area contributed by atoms with E-state index in [2.05, 4.69) is 20.6 Å².